The molecule has 9 heteroatoms. The maximum absolute atomic E-state index is 12.5. The standard InChI is InChI=1S/C20H20N4O4S/c21-10-12-23-20(26)18(15-29(27,28)14-17-5-2-1-3-6-17)24-19(25)9-8-16-7-4-11-22-13-16/h1-9,11,13,18H,12,14-15H2,(H,23,26)(H,24,25)/t18-/m0/s1. The molecule has 0 unspecified atom stereocenters. The fraction of sp³-hybridized carbons (Fsp3) is 0.200. The van der Waals surface area contributed by atoms with Crippen molar-refractivity contribution >= 4 is 27.7 Å². The van der Waals surface area contributed by atoms with E-state index in [4.69, 9.17) is 5.26 Å². The molecule has 2 rings (SSSR count). The van der Waals surface area contributed by atoms with Gasteiger partial charge in [0.1, 0.15) is 12.6 Å². The Kier molecular flexibility index (Phi) is 8.06. The first kappa shape index (κ1) is 21.8. The molecule has 2 aromatic rings. The molecule has 0 saturated heterocycles. The summed E-state index contributed by atoms with van der Waals surface area (Å²) in [6.07, 6.45) is 5.81. The molecule has 8 nitrogen and oxygen atoms in total. The van der Waals surface area contributed by atoms with E-state index in [1.807, 2.05) is 0 Å². The summed E-state index contributed by atoms with van der Waals surface area (Å²) in [6, 6.07) is 12.4. The zero-order valence-corrected chi connectivity index (χ0v) is 16.3. The van der Waals surface area contributed by atoms with E-state index in [-0.39, 0.29) is 12.3 Å². The molecule has 0 radical (unpaired) electrons. The number of nitrogens with zero attached hydrogens (tertiary/aromatic N) is 2. The molecule has 0 aliphatic heterocycles. The van der Waals surface area contributed by atoms with Gasteiger partial charge in [0.15, 0.2) is 9.84 Å². The second kappa shape index (κ2) is 10.7. The summed E-state index contributed by atoms with van der Waals surface area (Å²) in [7, 11) is -3.71. The van der Waals surface area contributed by atoms with Gasteiger partial charge < -0.3 is 10.6 Å². The van der Waals surface area contributed by atoms with Crippen molar-refractivity contribution < 1.29 is 18.0 Å². The van der Waals surface area contributed by atoms with Crippen LogP contribution in [0.4, 0.5) is 0 Å². The van der Waals surface area contributed by atoms with E-state index in [9.17, 15) is 18.0 Å². The summed E-state index contributed by atoms with van der Waals surface area (Å²) in [6.45, 7) is -0.296. The minimum atomic E-state index is -3.71. The Hall–Kier alpha value is -3.51. The van der Waals surface area contributed by atoms with E-state index >= 15 is 0 Å². The highest BCUT2D eigenvalue weighted by atomic mass is 32.2. The fourth-order valence-electron chi connectivity index (χ4n) is 2.44. The van der Waals surface area contributed by atoms with Crippen LogP contribution in [-0.4, -0.2) is 43.6 Å². The Labute approximate surface area is 169 Å². The molecule has 0 spiro atoms. The Morgan fingerprint density at radius 2 is 1.93 bits per heavy atom. The molecule has 0 aliphatic carbocycles. The van der Waals surface area contributed by atoms with Crippen molar-refractivity contribution in [1.29, 1.82) is 5.26 Å². The Bertz CT molecular complexity index is 1000. The number of pyridine rings is 1. The van der Waals surface area contributed by atoms with Gasteiger partial charge in [0.05, 0.1) is 17.6 Å². The van der Waals surface area contributed by atoms with Crippen molar-refractivity contribution in [1.82, 2.24) is 15.6 Å². The van der Waals surface area contributed by atoms with Crippen LogP contribution in [0.2, 0.25) is 0 Å². The van der Waals surface area contributed by atoms with Gasteiger partial charge in [0.25, 0.3) is 0 Å². The number of nitrogens with one attached hydrogen (secondary N) is 2. The number of carbonyl (C=O) groups excluding carboxylic acids is 2. The lowest BCUT2D eigenvalue weighted by atomic mass is 10.2. The van der Waals surface area contributed by atoms with E-state index in [0.29, 0.717) is 11.1 Å². The number of benzene rings is 1. The quantitative estimate of drug-likeness (QED) is 0.464. The van der Waals surface area contributed by atoms with Crippen LogP contribution in [0.25, 0.3) is 6.08 Å². The van der Waals surface area contributed by atoms with Crippen molar-refractivity contribution in [2.75, 3.05) is 12.3 Å². The van der Waals surface area contributed by atoms with E-state index in [1.165, 1.54) is 12.2 Å². The van der Waals surface area contributed by atoms with Crippen LogP contribution in [0.1, 0.15) is 11.1 Å². The van der Waals surface area contributed by atoms with Gasteiger partial charge in [-0.15, -0.1) is 0 Å². The van der Waals surface area contributed by atoms with E-state index in [2.05, 4.69) is 15.6 Å². The van der Waals surface area contributed by atoms with Crippen molar-refractivity contribution in [2.45, 2.75) is 11.8 Å². The van der Waals surface area contributed by atoms with E-state index in [1.54, 1.807) is 60.9 Å². The van der Waals surface area contributed by atoms with Crippen molar-refractivity contribution in [3.8, 4) is 6.07 Å². The first-order valence-electron chi connectivity index (χ1n) is 8.67. The van der Waals surface area contributed by atoms with E-state index < -0.39 is 33.4 Å². The van der Waals surface area contributed by atoms with Gasteiger partial charge in [-0.2, -0.15) is 5.26 Å². The molecule has 1 heterocycles. The summed E-state index contributed by atoms with van der Waals surface area (Å²) in [4.78, 5) is 28.4. The van der Waals surface area contributed by atoms with Gasteiger partial charge >= 0.3 is 0 Å². The van der Waals surface area contributed by atoms with Crippen LogP contribution in [0.5, 0.6) is 0 Å². The summed E-state index contributed by atoms with van der Waals surface area (Å²) in [5, 5.41) is 13.3. The topological polar surface area (TPSA) is 129 Å². The van der Waals surface area contributed by atoms with Gasteiger partial charge in [-0.25, -0.2) is 8.42 Å². The lowest BCUT2D eigenvalue weighted by Crippen LogP contribution is -2.50. The van der Waals surface area contributed by atoms with E-state index in [0.717, 1.165) is 0 Å². The molecule has 1 atom stereocenters. The lowest BCUT2D eigenvalue weighted by molar-refractivity contribution is -0.126. The minimum Gasteiger partial charge on any atom is -0.341 e. The Balaban J connectivity index is 2.09. The number of aromatic nitrogens is 1. The monoisotopic (exact) mass is 412 g/mol. The minimum absolute atomic E-state index is 0.267. The SMILES string of the molecule is N#CCNC(=O)[C@H](CS(=O)(=O)Cc1ccccc1)NC(=O)C=Cc1cccnc1. The number of hydrogen-bond acceptors (Lipinski definition) is 6. The number of rotatable bonds is 9. The average Bonchev–Trinajstić information content (AvgIpc) is 2.71. The van der Waals surface area contributed by atoms with Gasteiger partial charge in [0.2, 0.25) is 11.8 Å². The summed E-state index contributed by atoms with van der Waals surface area (Å²) in [5.41, 5.74) is 1.25. The van der Waals surface area contributed by atoms with Gasteiger partial charge in [-0.3, -0.25) is 14.6 Å². The molecular weight excluding hydrogens is 392 g/mol. The van der Waals surface area contributed by atoms with Gasteiger partial charge in [0, 0.05) is 18.5 Å². The largest absolute Gasteiger partial charge is 0.341 e. The summed E-state index contributed by atoms with van der Waals surface area (Å²) in [5.74, 6) is -2.24. The average molecular weight is 412 g/mol. The first-order chi connectivity index (χ1) is 13.9. The van der Waals surface area contributed by atoms with Crippen molar-refractivity contribution in [3.63, 3.8) is 0 Å². The van der Waals surface area contributed by atoms with Crippen LogP contribution in [0.3, 0.4) is 0 Å². The van der Waals surface area contributed by atoms with Crippen LogP contribution >= 0.6 is 0 Å². The predicted octanol–water partition coefficient (Wildman–Crippen LogP) is 0.834. The smallest absolute Gasteiger partial charge is 0.244 e. The van der Waals surface area contributed by atoms with Crippen molar-refractivity contribution in [3.05, 3.63) is 72.1 Å². The number of hydrogen-bond donors (Lipinski definition) is 2. The molecular formula is C20H20N4O4S. The van der Waals surface area contributed by atoms with Crippen LogP contribution < -0.4 is 10.6 Å². The lowest BCUT2D eigenvalue weighted by Gasteiger charge is -2.17. The fourth-order valence-corrected chi connectivity index (χ4v) is 4.00. The van der Waals surface area contributed by atoms with Crippen LogP contribution in [-0.2, 0) is 25.2 Å². The summed E-state index contributed by atoms with van der Waals surface area (Å²) < 4.78 is 25.1. The number of amides is 2. The highest BCUT2D eigenvalue weighted by Gasteiger charge is 2.26. The molecule has 1 aromatic heterocycles. The zero-order chi connectivity index (χ0) is 21.1. The Morgan fingerprint density at radius 1 is 1.17 bits per heavy atom. The van der Waals surface area contributed by atoms with Crippen LogP contribution in [0.15, 0.2) is 60.9 Å². The molecule has 2 amide bonds. The molecule has 0 fully saturated rings. The van der Waals surface area contributed by atoms with Crippen molar-refractivity contribution in [2.24, 2.45) is 0 Å². The van der Waals surface area contributed by atoms with Crippen LogP contribution in [0, 0.1) is 11.3 Å². The third-order valence-corrected chi connectivity index (χ3v) is 5.35. The number of carbonyl (C=O) groups is 2. The molecule has 0 saturated carbocycles. The molecule has 0 aliphatic rings. The molecule has 2 N–H and O–H groups in total. The maximum Gasteiger partial charge on any atom is 0.244 e. The van der Waals surface area contributed by atoms with Gasteiger partial charge in [-0.05, 0) is 23.3 Å². The normalized spacial score (nSPS) is 12.1. The second-order valence-corrected chi connectivity index (χ2v) is 8.21. The predicted molar refractivity (Wildman–Crippen MR) is 108 cm³/mol. The molecule has 29 heavy (non-hydrogen) atoms. The molecule has 150 valence electrons. The maximum atomic E-state index is 12.5. The molecule has 1 aromatic carbocycles. The number of sulfone groups is 1. The zero-order valence-electron chi connectivity index (χ0n) is 15.5. The Morgan fingerprint density at radius 3 is 2.59 bits per heavy atom. The second-order valence-electron chi connectivity index (χ2n) is 6.10. The third kappa shape index (κ3) is 7.94. The first-order valence-corrected chi connectivity index (χ1v) is 10.5. The number of nitriles is 1. The van der Waals surface area contributed by atoms with Gasteiger partial charge in [-0.1, -0.05) is 36.4 Å². The highest BCUT2D eigenvalue weighted by Crippen LogP contribution is 2.08. The third-order valence-electron chi connectivity index (χ3n) is 3.74. The molecule has 0 bridgehead atoms. The highest BCUT2D eigenvalue weighted by molar-refractivity contribution is 7.90. The summed E-state index contributed by atoms with van der Waals surface area (Å²) >= 11 is 0.